The van der Waals surface area contributed by atoms with Crippen LogP contribution in [-0.2, 0) is 0 Å². The maximum absolute atomic E-state index is 12.2. The number of likely N-dealkylation sites (N-methyl/N-ethyl adjacent to an activating group) is 1. The van der Waals surface area contributed by atoms with Crippen LogP contribution in [-0.4, -0.2) is 56.3 Å². The van der Waals surface area contributed by atoms with E-state index in [4.69, 9.17) is 0 Å². The van der Waals surface area contributed by atoms with Crippen LogP contribution in [0.15, 0.2) is 4.99 Å². The average molecular weight is 422 g/mol. The fourth-order valence-electron chi connectivity index (χ4n) is 2.30. The summed E-state index contributed by atoms with van der Waals surface area (Å²) in [5.74, 6) is 0.708. The zero-order valence-corrected chi connectivity index (χ0v) is 15.0. The largest absolute Gasteiger partial charge is 0.401 e. The minimum Gasteiger partial charge on any atom is -0.357 e. The molecule has 0 spiro atoms. The van der Waals surface area contributed by atoms with Gasteiger partial charge < -0.3 is 10.6 Å². The molecular weight excluding hydrogens is 396 g/mol. The third kappa shape index (κ3) is 10.2. The van der Waals surface area contributed by atoms with Crippen LogP contribution >= 0.6 is 24.0 Å². The molecule has 0 aliphatic heterocycles. The molecule has 0 aromatic heterocycles. The van der Waals surface area contributed by atoms with Gasteiger partial charge in [-0.2, -0.15) is 13.2 Å². The zero-order valence-electron chi connectivity index (χ0n) is 12.7. The fraction of sp³-hybridized carbons (Fsp3) is 0.923. The molecule has 0 amide bonds. The molecule has 0 aromatic rings. The van der Waals surface area contributed by atoms with E-state index in [-0.39, 0.29) is 24.0 Å². The summed E-state index contributed by atoms with van der Waals surface area (Å²) in [6.07, 6.45) is 0.582. The number of nitrogens with one attached hydrogen (secondary N) is 2. The number of aliphatic imine (C=N–C) groups is 1. The van der Waals surface area contributed by atoms with E-state index in [1.807, 2.05) is 6.92 Å². The highest BCUT2D eigenvalue weighted by atomic mass is 127. The van der Waals surface area contributed by atoms with Crippen molar-refractivity contribution >= 4 is 29.9 Å². The molecule has 1 aliphatic carbocycles. The van der Waals surface area contributed by atoms with E-state index in [9.17, 15) is 13.2 Å². The molecule has 0 unspecified atom stereocenters. The van der Waals surface area contributed by atoms with Crippen LogP contribution in [0.5, 0.6) is 0 Å². The van der Waals surface area contributed by atoms with Crippen molar-refractivity contribution in [2.75, 3.05) is 33.2 Å². The maximum Gasteiger partial charge on any atom is 0.401 e. The van der Waals surface area contributed by atoms with Gasteiger partial charge >= 0.3 is 6.18 Å². The van der Waals surface area contributed by atoms with Crippen molar-refractivity contribution in [3.8, 4) is 0 Å². The van der Waals surface area contributed by atoms with E-state index in [1.165, 1.54) is 24.8 Å². The van der Waals surface area contributed by atoms with Crippen molar-refractivity contribution < 1.29 is 13.2 Å². The Kier molecular flexibility index (Phi) is 10.3. The molecule has 4 nitrogen and oxygen atoms in total. The van der Waals surface area contributed by atoms with Crippen molar-refractivity contribution in [3.63, 3.8) is 0 Å². The highest BCUT2D eigenvalue weighted by Crippen LogP contribution is 2.17. The lowest BCUT2D eigenvalue weighted by Crippen LogP contribution is -2.42. The maximum atomic E-state index is 12.2. The molecule has 1 rings (SSSR count). The number of nitrogens with zero attached hydrogens (tertiary/aromatic N) is 2. The van der Waals surface area contributed by atoms with Crippen molar-refractivity contribution in [1.82, 2.24) is 15.5 Å². The van der Waals surface area contributed by atoms with Gasteiger partial charge in [0.25, 0.3) is 0 Å². The first-order valence-corrected chi connectivity index (χ1v) is 7.21. The minimum atomic E-state index is -4.15. The Balaban J connectivity index is 0.00000400. The number of guanidine groups is 1. The van der Waals surface area contributed by atoms with Crippen LogP contribution in [0, 0.1) is 0 Å². The molecule has 8 heteroatoms. The summed E-state index contributed by atoms with van der Waals surface area (Å²) in [4.78, 5) is 5.57. The first-order chi connectivity index (χ1) is 9.40. The number of halogens is 4. The molecule has 0 atom stereocenters. The molecule has 0 aromatic carbocycles. The van der Waals surface area contributed by atoms with Crippen LogP contribution in [0.4, 0.5) is 13.2 Å². The van der Waals surface area contributed by atoms with Crippen LogP contribution in [0.25, 0.3) is 0 Å². The summed E-state index contributed by atoms with van der Waals surface area (Å²) in [6.45, 7) is 2.48. The fourth-order valence-corrected chi connectivity index (χ4v) is 2.30. The Morgan fingerprint density at radius 2 is 1.90 bits per heavy atom. The van der Waals surface area contributed by atoms with Crippen LogP contribution in [0.2, 0.25) is 0 Å². The van der Waals surface area contributed by atoms with Gasteiger partial charge in [0.15, 0.2) is 5.96 Å². The van der Waals surface area contributed by atoms with Crippen LogP contribution < -0.4 is 10.6 Å². The van der Waals surface area contributed by atoms with E-state index in [1.54, 1.807) is 0 Å². The Bertz CT molecular complexity index is 304. The van der Waals surface area contributed by atoms with Crippen molar-refractivity contribution in [2.45, 2.75) is 44.8 Å². The van der Waals surface area contributed by atoms with Crippen LogP contribution in [0.3, 0.4) is 0 Å². The second-order valence-electron chi connectivity index (χ2n) is 5.24. The zero-order chi connectivity index (χ0) is 15.0. The SMILES string of the molecule is CCNC(=NCCN(C)CC(F)(F)F)NC1CCCC1.I. The van der Waals surface area contributed by atoms with E-state index in [2.05, 4.69) is 15.6 Å². The lowest BCUT2D eigenvalue weighted by atomic mass is 10.2. The summed E-state index contributed by atoms with van der Waals surface area (Å²) in [5, 5.41) is 6.47. The predicted octanol–water partition coefficient (Wildman–Crippen LogP) is 2.60. The Morgan fingerprint density at radius 1 is 1.29 bits per heavy atom. The molecule has 1 aliphatic rings. The molecule has 1 saturated carbocycles. The molecular formula is C13H26F3IN4. The third-order valence-electron chi connectivity index (χ3n) is 3.24. The van der Waals surface area contributed by atoms with Crippen molar-refractivity contribution in [1.29, 1.82) is 0 Å². The number of alkyl halides is 3. The van der Waals surface area contributed by atoms with Gasteiger partial charge in [0.1, 0.15) is 0 Å². The average Bonchev–Trinajstić information content (AvgIpc) is 2.79. The van der Waals surface area contributed by atoms with E-state index >= 15 is 0 Å². The number of hydrogen-bond acceptors (Lipinski definition) is 2. The first-order valence-electron chi connectivity index (χ1n) is 7.21. The van der Waals surface area contributed by atoms with E-state index in [0.29, 0.717) is 25.1 Å². The predicted molar refractivity (Wildman–Crippen MR) is 90.3 cm³/mol. The quantitative estimate of drug-likeness (QED) is 0.393. The van der Waals surface area contributed by atoms with E-state index in [0.717, 1.165) is 19.4 Å². The van der Waals surface area contributed by atoms with Gasteiger partial charge in [0, 0.05) is 19.1 Å². The first kappa shape index (κ1) is 20.8. The Hall–Kier alpha value is -0.250. The van der Waals surface area contributed by atoms with Gasteiger partial charge in [-0.3, -0.25) is 9.89 Å². The van der Waals surface area contributed by atoms with Gasteiger partial charge in [-0.25, -0.2) is 0 Å². The topological polar surface area (TPSA) is 39.7 Å². The summed E-state index contributed by atoms with van der Waals surface area (Å²) >= 11 is 0. The molecule has 0 bridgehead atoms. The summed E-state index contributed by atoms with van der Waals surface area (Å²) in [5.41, 5.74) is 0. The van der Waals surface area contributed by atoms with Gasteiger partial charge in [-0.15, -0.1) is 24.0 Å². The second-order valence-corrected chi connectivity index (χ2v) is 5.24. The van der Waals surface area contributed by atoms with E-state index < -0.39 is 12.7 Å². The lowest BCUT2D eigenvalue weighted by molar-refractivity contribution is -0.142. The Morgan fingerprint density at radius 3 is 2.43 bits per heavy atom. The minimum absolute atomic E-state index is 0. The van der Waals surface area contributed by atoms with Gasteiger partial charge in [0.05, 0.1) is 13.1 Å². The normalized spacial score (nSPS) is 17.0. The summed E-state index contributed by atoms with van der Waals surface area (Å²) < 4.78 is 36.5. The molecule has 126 valence electrons. The molecule has 1 fully saturated rings. The Labute approximate surface area is 142 Å². The summed E-state index contributed by atoms with van der Waals surface area (Å²) in [7, 11) is 1.46. The second kappa shape index (κ2) is 10.5. The standard InChI is InChI=1S/C13H25F3N4.HI/c1-3-17-12(19-11-6-4-5-7-11)18-8-9-20(2)10-13(14,15)16;/h11H,3-10H2,1-2H3,(H2,17,18,19);1H. The van der Waals surface area contributed by atoms with Gasteiger partial charge in [-0.1, -0.05) is 12.8 Å². The summed E-state index contributed by atoms with van der Waals surface area (Å²) in [6, 6.07) is 0.445. The van der Waals surface area contributed by atoms with Crippen molar-refractivity contribution in [2.24, 2.45) is 4.99 Å². The molecule has 0 radical (unpaired) electrons. The molecule has 0 saturated heterocycles. The van der Waals surface area contributed by atoms with Crippen molar-refractivity contribution in [3.05, 3.63) is 0 Å². The van der Waals surface area contributed by atoms with Gasteiger partial charge in [0.2, 0.25) is 0 Å². The molecule has 21 heavy (non-hydrogen) atoms. The molecule has 2 N–H and O–H groups in total. The molecule has 0 heterocycles. The van der Waals surface area contributed by atoms with Gasteiger partial charge in [-0.05, 0) is 26.8 Å². The number of hydrogen-bond donors (Lipinski definition) is 2. The smallest absolute Gasteiger partial charge is 0.357 e. The lowest BCUT2D eigenvalue weighted by Gasteiger charge is -2.19. The highest BCUT2D eigenvalue weighted by Gasteiger charge is 2.28. The highest BCUT2D eigenvalue weighted by molar-refractivity contribution is 14.0. The number of rotatable bonds is 6. The monoisotopic (exact) mass is 422 g/mol. The van der Waals surface area contributed by atoms with Crippen LogP contribution in [0.1, 0.15) is 32.6 Å². The third-order valence-corrected chi connectivity index (χ3v) is 3.24.